The number of ketones is 1. The van der Waals surface area contributed by atoms with E-state index in [0.717, 1.165) is 0 Å². The number of hydrogen-bond donors (Lipinski definition) is 7. The first kappa shape index (κ1) is 29.5. The molecule has 7 N–H and O–H groups in total. The van der Waals surface area contributed by atoms with Gasteiger partial charge in [0.05, 0.1) is 35.9 Å². The number of fused-ring (bicyclic) bond motifs is 5. The number of rotatable bonds is 5. The van der Waals surface area contributed by atoms with Crippen molar-refractivity contribution < 1.29 is 50.0 Å². The van der Waals surface area contributed by atoms with Crippen LogP contribution in [-0.4, -0.2) is 96.9 Å². The van der Waals surface area contributed by atoms with E-state index in [2.05, 4.69) is 5.32 Å². The van der Waals surface area contributed by atoms with E-state index in [-0.39, 0.29) is 25.0 Å². The maximum Gasteiger partial charge on any atom is 0.217 e. The van der Waals surface area contributed by atoms with Crippen LogP contribution in [0.2, 0.25) is 0 Å². The van der Waals surface area contributed by atoms with Crippen LogP contribution in [0.5, 0.6) is 0 Å². The van der Waals surface area contributed by atoms with E-state index in [9.17, 15) is 40.4 Å². The fourth-order valence-electron chi connectivity index (χ4n) is 8.49. The summed E-state index contributed by atoms with van der Waals surface area (Å²) in [6, 6.07) is -0.828. The number of carbonyl (C=O) groups is 2. The van der Waals surface area contributed by atoms with Crippen molar-refractivity contribution in [3.63, 3.8) is 0 Å². The van der Waals surface area contributed by atoms with Gasteiger partial charge in [-0.1, -0.05) is 26.3 Å². The lowest BCUT2D eigenvalue weighted by atomic mass is 9.42. The van der Waals surface area contributed by atoms with Gasteiger partial charge in [0.1, 0.15) is 23.9 Å². The van der Waals surface area contributed by atoms with Crippen LogP contribution in [0.3, 0.4) is 0 Å². The Morgan fingerprint density at radius 2 is 1.82 bits per heavy atom. The predicted molar refractivity (Wildman–Crippen MR) is 133 cm³/mol. The van der Waals surface area contributed by atoms with Crippen LogP contribution in [0.15, 0.2) is 11.1 Å². The maximum absolute atomic E-state index is 14.1. The fourth-order valence-corrected chi connectivity index (χ4v) is 8.49. The largest absolute Gasteiger partial charge is 0.392 e. The average Bonchev–Trinajstić information content (AvgIpc) is 2.82. The lowest BCUT2D eigenvalue weighted by Crippen LogP contribution is -2.78. The molecule has 11 nitrogen and oxygen atoms in total. The Morgan fingerprint density at radius 3 is 2.32 bits per heavy atom. The summed E-state index contributed by atoms with van der Waals surface area (Å²) in [6.45, 7) is 11.1. The zero-order chi connectivity index (χ0) is 28.7. The van der Waals surface area contributed by atoms with Crippen LogP contribution in [0.4, 0.5) is 0 Å². The molecule has 3 aliphatic carbocycles. The SMILES string of the molecule is CC(=O)NC(C)C(O)[C@H](OO)C1CC2(O)C(C)C3[C@]4(O)COC4CC(O)[C@@]3(C)C(=O)C(O)C(=C1C)C2(C)C. The number of amides is 1. The summed E-state index contributed by atoms with van der Waals surface area (Å²) in [5.41, 5.74) is -5.29. The van der Waals surface area contributed by atoms with Crippen molar-refractivity contribution in [3.8, 4) is 0 Å². The van der Waals surface area contributed by atoms with Gasteiger partial charge in [-0.25, -0.2) is 4.89 Å². The van der Waals surface area contributed by atoms with Gasteiger partial charge >= 0.3 is 0 Å². The highest BCUT2D eigenvalue weighted by atomic mass is 17.1. The molecule has 4 rings (SSSR count). The molecule has 38 heavy (non-hydrogen) atoms. The molecule has 0 aromatic rings. The topological polar surface area (TPSA) is 186 Å². The molecule has 11 heteroatoms. The Hall–Kier alpha value is -1.44. The third-order valence-electron chi connectivity index (χ3n) is 10.8. The number of aliphatic hydroxyl groups excluding tert-OH is 3. The molecule has 9 unspecified atom stereocenters. The quantitative estimate of drug-likeness (QED) is 0.141. The highest BCUT2D eigenvalue weighted by Crippen LogP contribution is 2.65. The van der Waals surface area contributed by atoms with Gasteiger partial charge in [-0.3, -0.25) is 14.8 Å². The van der Waals surface area contributed by atoms with E-state index in [1.165, 1.54) is 6.92 Å². The fraction of sp³-hybridized carbons (Fsp3) is 0.852. The molecule has 1 aliphatic heterocycles. The minimum absolute atomic E-state index is 0.0187. The van der Waals surface area contributed by atoms with Crippen LogP contribution in [0.25, 0.3) is 0 Å². The zero-order valence-electron chi connectivity index (χ0n) is 23.1. The minimum atomic E-state index is -1.74. The zero-order valence-corrected chi connectivity index (χ0v) is 23.1. The average molecular weight is 542 g/mol. The third-order valence-corrected chi connectivity index (χ3v) is 10.8. The lowest BCUT2D eigenvalue weighted by molar-refractivity contribution is -0.339. The van der Waals surface area contributed by atoms with Crippen molar-refractivity contribution in [2.24, 2.45) is 28.6 Å². The molecule has 3 fully saturated rings. The Balaban J connectivity index is 1.91. The molecule has 216 valence electrons. The monoisotopic (exact) mass is 541 g/mol. The predicted octanol–water partition coefficient (Wildman–Crippen LogP) is -0.0795. The van der Waals surface area contributed by atoms with Gasteiger partial charge in [0, 0.05) is 30.6 Å². The second-order valence-corrected chi connectivity index (χ2v) is 12.9. The second kappa shape index (κ2) is 9.31. The van der Waals surface area contributed by atoms with Crippen LogP contribution in [0.1, 0.15) is 61.3 Å². The summed E-state index contributed by atoms with van der Waals surface area (Å²) in [5.74, 6) is -3.71. The highest BCUT2D eigenvalue weighted by Gasteiger charge is 2.74. The second-order valence-electron chi connectivity index (χ2n) is 12.9. The van der Waals surface area contributed by atoms with Gasteiger partial charge in [-0.05, 0) is 38.7 Å². The number of ether oxygens (including phenoxy) is 1. The number of hydrogen-bond acceptors (Lipinski definition) is 10. The normalized spacial score (nSPS) is 46.5. The van der Waals surface area contributed by atoms with Crippen molar-refractivity contribution in [3.05, 3.63) is 11.1 Å². The van der Waals surface area contributed by atoms with E-state index < -0.39 is 88.0 Å². The first-order chi connectivity index (χ1) is 17.4. The van der Waals surface area contributed by atoms with E-state index in [1.54, 1.807) is 41.5 Å². The Morgan fingerprint density at radius 1 is 1.21 bits per heavy atom. The molecule has 0 aromatic carbocycles. The highest BCUT2D eigenvalue weighted by molar-refractivity contribution is 5.93. The van der Waals surface area contributed by atoms with Crippen LogP contribution < -0.4 is 5.32 Å². The van der Waals surface area contributed by atoms with Crippen molar-refractivity contribution in [2.75, 3.05) is 6.61 Å². The molecule has 0 radical (unpaired) electrons. The molecule has 0 aromatic heterocycles. The molecule has 0 spiro atoms. The smallest absolute Gasteiger partial charge is 0.217 e. The van der Waals surface area contributed by atoms with Crippen LogP contribution in [-0.2, 0) is 19.2 Å². The van der Waals surface area contributed by atoms with E-state index in [1.807, 2.05) is 0 Å². The molecule has 1 amide bonds. The van der Waals surface area contributed by atoms with Crippen molar-refractivity contribution in [1.29, 1.82) is 0 Å². The van der Waals surface area contributed by atoms with Gasteiger partial charge < -0.3 is 35.6 Å². The minimum Gasteiger partial charge on any atom is -0.392 e. The molecular formula is C27H43NO10. The summed E-state index contributed by atoms with van der Waals surface area (Å²) in [4.78, 5) is 30.5. The summed E-state index contributed by atoms with van der Waals surface area (Å²) in [7, 11) is 0. The van der Waals surface area contributed by atoms with Crippen LogP contribution >= 0.6 is 0 Å². The van der Waals surface area contributed by atoms with E-state index in [0.29, 0.717) is 5.57 Å². The maximum atomic E-state index is 14.1. The van der Waals surface area contributed by atoms with Gasteiger partial charge in [0.2, 0.25) is 5.91 Å². The molecule has 1 heterocycles. The van der Waals surface area contributed by atoms with E-state index >= 15 is 0 Å². The molecule has 2 saturated carbocycles. The molecular weight excluding hydrogens is 498 g/mol. The van der Waals surface area contributed by atoms with Crippen molar-refractivity contribution in [2.45, 2.75) is 109 Å². The van der Waals surface area contributed by atoms with Gasteiger partial charge in [0.15, 0.2) is 5.78 Å². The van der Waals surface area contributed by atoms with E-state index in [4.69, 9.17) is 9.62 Å². The number of carbonyl (C=O) groups excluding carboxylic acids is 2. The summed E-state index contributed by atoms with van der Waals surface area (Å²) >= 11 is 0. The third kappa shape index (κ3) is 3.70. The van der Waals surface area contributed by atoms with Crippen molar-refractivity contribution in [1.82, 2.24) is 5.32 Å². The Bertz CT molecular complexity index is 1030. The first-order valence-corrected chi connectivity index (χ1v) is 13.3. The summed E-state index contributed by atoms with van der Waals surface area (Å²) in [6.07, 6.45) is -6.45. The molecule has 2 bridgehead atoms. The van der Waals surface area contributed by atoms with Gasteiger partial charge in [-0.2, -0.15) is 0 Å². The molecule has 1 saturated heterocycles. The Kier molecular flexibility index (Phi) is 7.23. The lowest BCUT2D eigenvalue weighted by Gasteiger charge is -2.67. The standard InChI is InChI=1S/C27H43NO10/c1-11-15(21(38-36)19(31)13(3)28-14(4)29)9-27(35)12(2)22-25(7,16(30)8-17-26(22,34)10-37-17)23(33)20(32)18(11)24(27,5)6/h12-13,15-17,19-22,30-32,34-36H,8-10H2,1-7H3,(H,28,29)/t12?,13?,15?,16?,17?,19?,20?,21-,22?,25-,26+,27?/m1/s1. The van der Waals surface area contributed by atoms with Crippen molar-refractivity contribution >= 4 is 11.7 Å². The molecule has 12 atom stereocenters. The summed E-state index contributed by atoms with van der Waals surface area (Å²) < 4.78 is 5.56. The number of nitrogens with one attached hydrogen (secondary N) is 1. The number of Topliss-reactive ketones (excluding diaryl/α,β-unsaturated/α-hetero) is 1. The Labute approximate surface area is 222 Å². The van der Waals surface area contributed by atoms with Gasteiger partial charge in [0.25, 0.3) is 0 Å². The number of aliphatic hydroxyl groups is 5. The summed E-state index contributed by atoms with van der Waals surface area (Å²) in [5, 5.41) is 70.8. The first-order valence-electron chi connectivity index (χ1n) is 13.3. The van der Waals surface area contributed by atoms with Crippen LogP contribution in [0, 0.1) is 28.6 Å². The van der Waals surface area contributed by atoms with Gasteiger partial charge in [-0.15, -0.1) is 0 Å². The molecule has 4 aliphatic rings.